The van der Waals surface area contributed by atoms with Crippen LogP contribution in [-0.2, 0) is 17.6 Å². The highest BCUT2D eigenvalue weighted by Crippen LogP contribution is 2.12. The van der Waals surface area contributed by atoms with Gasteiger partial charge in [0.2, 0.25) is 5.91 Å². The minimum atomic E-state index is -0.674. The number of benzene rings is 1. The Kier molecular flexibility index (Phi) is 7.97. The van der Waals surface area contributed by atoms with Crippen molar-refractivity contribution in [3.05, 3.63) is 35.4 Å². The lowest BCUT2D eigenvalue weighted by Crippen LogP contribution is -2.21. The predicted molar refractivity (Wildman–Crippen MR) is 82.4 cm³/mol. The van der Waals surface area contributed by atoms with Gasteiger partial charge in [0.15, 0.2) is 0 Å². The van der Waals surface area contributed by atoms with E-state index in [1.807, 2.05) is 12.1 Å². The Hall–Kier alpha value is -1.35. The number of carbonyl (C=O) groups is 1. The molecule has 0 heterocycles. The lowest BCUT2D eigenvalue weighted by molar-refractivity contribution is -0.119. The number of rotatable bonds is 10. The van der Waals surface area contributed by atoms with Crippen molar-refractivity contribution in [1.82, 2.24) is 0 Å². The fourth-order valence-electron chi connectivity index (χ4n) is 2.35. The Morgan fingerprint density at radius 3 is 2.30 bits per heavy atom. The van der Waals surface area contributed by atoms with Crippen molar-refractivity contribution in [2.24, 2.45) is 5.73 Å². The van der Waals surface area contributed by atoms with Crippen LogP contribution >= 0.6 is 0 Å². The van der Waals surface area contributed by atoms with Crippen LogP contribution in [-0.4, -0.2) is 17.1 Å². The minimum absolute atomic E-state index is 0.0270. The van der Waals surface area contributed by atoms with E-state index in [-0.39, 0.29) is 6.42 Å². The van der Waals surface area contributed by atoms with Gasteiger partial charge in [0.05, 0.1) is 12.5 Å². The highest BCUT2D eigenvalue weighted by Gasteiger charge is 2.08. The zero-order chi connectivity index (χ0) is 14.8. The fourth-order valence-corrected chi connectivity index (χ4v) is 2.35. The van der Waals surface area contributed by atoms with E-state index in [1.54, 1.807) is 0 Å². The summed E-state index contributed by atoms with van der Waals surface area (Å²) in [7, 11) is 0. The molecule has 1 aromatic rings. The Balaban J connectivity index is 2.30. The minimum Gasteiger partial charge on any atom is -0.392 e. The van der Waals surface area contributed by atoms with E-state index in [0.717, 1.165) is 12.0 Å². The van der Waals surface area contributed by atoms with Crippen LogP contribution in [0.4, 0.5) is 0 Å². The van der Waals surface area contributed by atoms with Gasteiger partial charge in [-0.3, -0.25) is 4.79 Å². The second-order valence-electron chi connectivity index (χ2n) is 5.51. The maximum absolute atomic E-state index is 10.7. The zero-order valence-electron chi connectivity index (χ0n) is 12.5. The fraction of sp³-hybridized carbons (Fsp3) is 0.588. The maximum atomic E-state index is 10.7. The van der Waals surface area contributed by atoms with E-state index in [4.69, 9.17) is 5.73 Å². The van der Waals surface area contributed by atoms with E-state index >= 15 is 0 Å². The van der Waals surface area contributed by atoms with Gasteiger partial charge in [0.1, 0.15) is 0 Å². The number of hydrogen-bond acceptors (Lipinski definition) is 2. The SMILES string of the molecule is CCCCCCCc1ccc(C[C@H](O)CC(N)=O)cc1. The number of unbranched alkanes of at least 4 members (excludes halogenated alkanes) is 4. The van der Waals surface area contributed by atoms with E-state index in [0.29, 0.717) is 6.42 Å². The van der Waals surface area contributed by atoms with Crippen molar-refractivity contribution in [2.45, 2.75) is 64.4 Å². The molecule has 0 bridgehead atoms. The quantitative estimate of drug-likeness (QED) is 0.646. The lowest BCUT2D eigenvalue weighted by atomic mass is 10.0. The van der Waals surface area contributed by atoms with Crippen LogP contribution in [0.3, 0.4) is 0 Å². The van der Waals surface area contributed by atoms with Gasteiger partial charge < -0.3 is 10.8 Å². The summed E-state index contributed by atoms with van der Waals surface area (Å²) in [5.74, 6) is -0.457. The number of aliphatic hydroxyl groups excluding tert-OH is 1. The average molecular weight is 277 g/mol. The van der Waals surface area contributed by atoms with Crippen molar-refractivity contribution < 1.29 is 9.90 Å². The Labute approximate surface area is 122 Å². The highest BCUT2D eigenvalue weighted by atomic mass is 16.3. The van der Waals surface area contributed by atoms with Crippen LogP contribution in [0.15, 0.2) is 24.3 Å². The third kappa shape index (κ3) is 7.29. The van der Waals surface area contributed by atoms with E-state index in [9.17, 15) is 9.90 Å². The number of carbonyl (C=O) groups excluding carboxylic acids is 1. The smallest absolute Gasteiger partial charge is 0.220 e. The summed E-state index contributed by atoms with van der Waals surface area (Å²) in [6.45, 7) is 2.23. The first-order chi connectivity index (χ1) is 9.61. The average Bonchev–Trinajstić information content (AvgIpc) is 2.39. The van der Waals surface area contributed by atoms with Crippen molar-refractivity contribution in [3.8, 4) is 0 Å². The molecule has 0 spiro atoms. The summed E-state index contributed by atoms with van der Waals surface area (Å²) in [5.41, 5.74) is 7.45. The van der Waals surface area contributed by atoms with Gasteiger partial charge in [-0.2, -0.15) is 0 Å². The molecule has 1 rings (SSSR count). The molecule has 0 unspecified atom stereocenters. The Morgan fingerprint density at radius 2 is 1.70 bits per heavy atom. The van der Waals surface area contributed by atoms with Crippen molar-refractivity contribution in [1.29, 1.82) is 0 Å². The second kappa shape index (κ2) is 9.54. The van der Waals surface area contributed by atoms with Gasteiger partial charge in [0.25, 0.3) is 0 Å². The zero-order valence-corrected chi connectivity index (χ0v) is 12.5. The number of hydrogen-bond donors (Lipinski definition) is 2. The molecule has 0 radical (unpaired) electrons. The third-order valence-corrected chi connectivity index (χ3v) is 3.50. The molecule has 3 heteroatoms. The van der Waals surface area contributed by atoms with Gasteiger partial charge in [-0.05, 0) is 30.4 Å². The van der Waals surface area contributed by atoms with Crippen LogP contribution in [0.5, 0.6) is 0 Å². The molecule has 0 saturated heterocycles. The van der Waals surface area contributed by atoms with Gasteiger partial charge >= 0.3 is 0 Å². The molecule has 0 aliphatic carbocycles. The monoisotopic (exact) mass is 277 g/mol. The van der Waals surface area contributed by atoms with Crippen LogP contribution in [0.2, 0.25) is 0 Å². The molecule has 0 saturated carbocycles. The molecular weight excluding hydrogens is 250 g/mol. The molecule has 0 aliphatic heterocycles. The Bertz CT molecular complexity index is 386. The third-order valence-electron chi connectivity index (χ3n) is 3.50. The van der Waals surface area contributed by atoms with Gasteiger partial charge in [0, 0.05) is 0 Å². The first kappa shape index (κ1) is 16.7. The molecule has 0 aliphatic rings. The molecule has 3 N–H and O–H groups in total. The van der Waals surface area contributed by atoms with Gasteiger partial charge in [-0.1, -0.05) is 56.9 Å². The topological polar surface area (TPSA) is 63.3 Å². The molecule has 112 valence electrons. The first-order valence-corrected chi connectivity index (χ1v) is 7.66. The van der Waals surface area contributed by atoms with Crippen LogP contribution in [0, 0.1) is 0 Å². The summed E-state index contributed by atoms with van der Waals surface area (Å²) < 4.78 is 0. The molecule has 1 atom stereocenters. The van der Waals surface area contributed by atoms with Crippen molar-refractivity contribution >= 4 is 5.91 Å². The molecule has 0 fully saturated rings. The molecule has 0 aromatic heterocycles. The number of aliphatic hydroxyl groups is 1. The predicted octanol–water partition coefficient (Wildman–Crippen LogP) is 2.98. The number of amides is 1. The van der Waals surface area contributed by atoms with E-state index < -0.39 is 12.0 Å². The van der Waals surface area contributed by atoms with Crippen molar-refractivity contribution in [2.75, 3.05) is 0 Å². The second-order valence-corrected chi connectivity index (χ2v) is 5.51. The molecule has 20 heavy (non-hydrogen) atoms. The highest BCUT2D eigenvalue weighted by molar-refractivity contribution is 5.74. The normalized spacial score (nSPS) is 12.3. The summed E-state index contributed by atoms with van der Waals surface area (Å²) in [5, 5.41) is 9.67. The van der Waals surface area contributed by atoms with Crippen LogP contribution < -0.4 is 5.73 Å². The Morgan fingerprint density at radius 1 is 1.10 bits per heavy atom. The van der Waals surface area contributed by atoms with E-state index in [1.165, 1.54) is 37.7 Å². The largest absolute Gasteiger partial charge is 0.392 e. The lowest BCUT2D eigenvalue weighted by Gasteiger charge is -2.09. The van der Waals surface area contributed by atoms with Crippen LogP contribution in [0.1, 0.15) is 56.6 Å². The number of aryl methyl sites for hydroxylation is 1. The summed E-state index contributed by atoms with van der Waals surface area (Å²) >= 11 is 0. The van der Waals surface area contributed by atoms with Crippen LogP contribution in [0.25, 0.3) is 0 Å². The molecule has 1 amide bonds. The summed E-state index contributed by atoms with van der Waals surface area (Å²) in [6.07, 6.45) is 7.43. The summed E-state index contributed by atoms with van der Waals surface area (Å²) in [4.78, 5) is 10.7. The number of primary amides is 1. The van der Waals surface area contributed by atoms with Gasteiger partial charge in [-0.15, -0.1) is 0 Å². The maximum Gasteiger partial charge on any atom is 0.220 e. The molecule has 1 aromatic carbocycles. The summed E-state index contributed by atoms with van der Waals surface area (Å²) in [6, 6.07) is 8.30. The first-order valence-electron chi connectivity index (χ1n) is 7.66. The molecule has 3 nitrogen and oxygen atoms in total. The van der Waals surface area contributed by atoms with E-state index in [2.05, 4.69) is 19.1 Å². The standard InChI is InChI=1S/C17H27NO2/c1-2-3-4-5-6-7-14-8-10-15(11-9-14)12-16(19)13-17(18)20/h8-11,16,19H,2-7,12-13H2,1H3,(H2,18,20)/t16-/m0/s1. The van der Waals surface area contributed by atoms with Gasteiger partial charge in [-0.25, -0.2) is 0 Å². The van der Waals surface area contributed by atoms with Crippen molar-refractivity contribution in [3.63, 3.8) is 0 Å². The molecular formula is C17H27NO2. The number of nitrogens with two attached hydrogens (primary N) is 1.